The maximum Gasteiger partial charge on any atom is 0.164 e. The van der Waals surface area contributed by atoms with E-state index in [2.05, 4.69) is 11.4 Å². The Morgan fingerprint density at radius 3 is 2.91 bits per heavy atom. The molecule has 0 heterocycles. The normalized spacial score (nSPS) is 33.6. The Kier molecular flexibility index (Phi) is 1.60. The molecule has 0 amide bonds. The van der Waals surface area contributed by atoms with Crippen molar-refractivity contribution in [1.82, 2.24) is 5.32 Å². The molecular formula is C8H12N2S. The maximum absolute atomic E-state index is 5.42. The zero-order valence-corrected chi connectivity index (χ0v) is 7.16. The van der Waals surface area contributed by atoms with E-state index in [0.717, 1.165) is 5.92 Å². The van der Waals surface area contributed by atoms with Gasteiger partial charge in [0.25, 0.3) is 0 Å². The number of rotatable bonds is 1. The first-order chi connectivity index (χ1) is 5.27. The van der Waals surface area contributed by atoms with Gasteiger partial charge in [0, 0.05) is 0 Å². The van der Waals surface area contributed by atoms with Gasteiger partial charge in [-0.15, -0.1) is 0 Å². The van der Waals surface area contributed by atoms with Crippen molar-refractivity contribution in [2.45, 2.75) is 25.3 Å². The molecule has 60 valence electrons. The molecule has 2 bridgehead atoms. The van der Waals surface area contributed by atoms with Crippen LogP contribution < -0.4 is 11.1 Å². The fourth-order valence-electron chi connectivity index (χ4n) is 2.13. The molecule has 2 atom stereocenters. The van der Waals surface area contributed by atoms with Crippen molar-refractivity contribution in [3.63, 3.8) is 0 Å². The monoisotopic (exact) mass is 168 g/mol. The summed E-state index contributed by atoms with van der Waals surface area (Å²) < 4.78 is 0. The van der Waals surface area contributed by atoms with Gasteiger partial charge < -0.3 is 11.1 Å². The van der Waals surface area contributed by atoms with Crippen LogP contribution in [-0.2, 0) is 0 Å². The molecule has 1 saturated carbocycles. The molecule has 3 heteroatoms. The first kappa shape index (κ1) is 7.10. The van der Waals surface area contributed by atoms with Crippen LogP contribution in [0.2, 0.25) is 0 Å². The van der Waals surface area contributed by atoms with E-state index in [1.165, 1.54) is 24.8 Å². The highest BCUT2D eigenvalue weighted by molar-refractivity contribution is 7.80. The Morgan fingerprint density at radius 1 is 1.73 bits per heavy atom. The minimum absolute atomic E-state index is 0.440. The van der Waals surface area contributed by atoms with E-state index in [-0.39, 0.29) is 0 Å². The van der Waals surface area contributed by atoms with E-state index in [9.17, 15) is 0 Å². The fourth-order valence-corrected chi connectivity index (χ4v) is 2.25. The molecule has 2 rings (SSSR count). The average molecular weight is 168 g/mol. The smallest absolute Gasteiger partial charge is 0.164 e. The van der Waals surface area contributed by atoms with Crippen LogP contribution in [0, 0.1) is 5.92 Å². The van der Waals surface area contributed by atoms with Gasteiger partial charge in [0.05, 0.1) is 6.04 Å². The predicted molar refractivity (Wildman–Crippen MR) is 49.1 cm³/mol. The molecule has 0 aromatic heterocycles. The Labute approximate surface area is 71.8 Å². The van der Waals surface area contributed by atoms with Crippen LogP contribution in [0.3, 0.4) is 0 Å². The summed E-state index contributed by atoms with van der Waals surface area (Å²) in [7, 11) is 0. The number of fused-ring (bicyclic) bond motifs is 2. The van der Waals surface area contributed by atoms with Gasteiger partial charge >= 0.3 is 0 Å². The van der Waals surface area contributed by atoms with Crippen LogP contribution >= 0.6 is 12.2 Å². The second-order valence-electron chi connectivity index (χ2n) is 3.30. The van der Waals surface area contributed by atoms with Crippen LogP contribution in [-0.4, -0.2) is 11.2 Å². The van der Waals surface area contributed by atoms with Crippen molar-refractivity contribution in [1.29, 1.82) is 0 Å². The molecule has 11 heavy (non-hydrogen) atoms. The largest absolute Gasteiger partial charge is 0.376 e. The summed E-state index contributed by atoms with van der Waals surface area (Å²) in [5.74, 6) is 0.770. The summed E-state index contributed by atoms with van der Waals surface area (Å²) in [5, 5.41) is 3.58. The Morgan fingerprint density at radius 2 is 2.55 bits per heavy atom. The molecule has 0 spiro atoms. The van der Waals surface area contributed by atoms with Gasteiger partial charge in [-0.25, -0.2) is 0 Å². The lowest BCUT2D eigenvalue weighted by Gasteiger charge is -2.15. The van der Waals surface area contributed by atoms with Gasteiger partial charge in [-0.1, -0.05) is 11.6 Å². The first-order valence-electron chi connectivity index (χ1n) is 4.02. The number of thiocarbonyl (C=S) groups is 1. The third-order valence-corrected chi connectivity index (χ3v) is 2.77. The summed E-state index contributed by atoms with van der Waals surface area (Å²) in [6.45, 7) is 0. The van der Waals surface area contributed by atoms with E-state index in [4.69, 9.17) is 18.0 Å². The van der Waals surface area contributed by atoms with E-state index >= 15 is 0 Å². The number of allylic oxidation sites excluding steroid dienone is 1. The van der Waals surface area contributed by atoms with Gasteiger partial charge in [-0.3, -0.25) is 0 Å². The lowest BCUT2D eigenvalue weighted by molar-refractivity contribution is 0.498. The van der Waals surface area contributed by atoms with E-state index in [1.807, 2.05) is 0 Å². The first-order valence-corrected chi connectivity index (χ1v) is 4.43. The minimum Gasteiger partial charge on any atom is -0.376 e. The molecule has 2 aliphatic carbocycles. The highest BCUT2D eigenvalue weighted by Gasteiger charge is 2.35. The molecule has 2 nitrogen and oxygen atoms in total. The molecule has 0 saturated heterocycles. The average Bonchev–Trinajstić information content (AvgIpc) is 2.48. The third kappa shape index (κ3) is 1.13. The predicted octanol–water partition coefficient (Wildman–Crippen LogP) is 0.928. The minimum atomic E-state index is 0.440. The maximum atomic E-state index is 5.42. The van der Waals surface area contributed by atoms with Crippen molar-refractivity contribution in [3.8, 4) is 0 Å². The van der Waals surface area contributed by atoms with Gasteiger partial charge in [0.2, 0.25) is 0 Å². The van der Waals surface area contributed by atoms with E-state index < -0.39 is 0 Å². The molecule has 0 aliphatic heterocycles. The summed E-state index contributed by atoms with van der Waals surface area (Å²) in [4.78, 5) is 0. The third-order valence-electron chi connectivity index (χ3n) is 2.66. The molecular weight excluding hydrogens is 156 g/mol. The molecule has 0 aromatic rings. The number of hydrogen-bond donors (Lipinski definition) is 2. The molecule has 0 radical (unpaired) electrons. The second kappa shape index (κ2) is 2.48. The molecule has 3 N–H and O–H groups in total. The van der Waals surface area contributed by atoms with E-state index in [1.54, 1.807) is 0 Å². The quantitative estimate of drug-likeness (QED) is 0.452. The second-order valence-corrected chi connectivity index (χ2v) is 3.74. The molecule has 1 fully saturated rings. The van der Waals surface area contributed by atoms with Gasteiger partial charge in [0.15, 0.2) is 5.11 Å². The highest BCUT2D eigenvalue weighted by atomic mass is 32.1. The SMILES string of the molecule is NC(=S)NC1C2=CCC1CC2. The molecule has 2 unspecified atom stereocenters. The zero-order valence-electron chi connectivity index (χ0n) is 6.34. The Balaban J connectivity index is 2.06. The van der Waals surface area contributed by atoms with Crippen molar-refractivity contribution >= 4 is 17.3 Å². The molecule has 0 aromatic carbocycles. The fraction of sp³-hybridized carbons (Fsp3) is 0.625. The topological polar surface area (TPSA) is 38.0 Å². The van der Waals surface area contributed by atoms with Crippen molar-refractivity contribution < 1.29 is 0 Å². The standard InChI is InChI=1S/C8H12N2S/c9-8(11)10-7-5-1-2-6(7)4-3-5/h1,6-7H,2-4H2,(H3,9,10,11). The van der Waals surface area contributed by atoms with Crippen LogP contribution in [0.4, 0.5) is 0 Å². The number of nitrogens with two attached hydrogens (primary N) is 1. The Bertz CT molecular complexity index is 222. The summed E-state index contributed by atoms with van der Waals surface area (Å²) in [6.07, 6.45) is 6.09. The van der Waals surface area contributed by atoms with Gasteiger partial charge in [0.1, 0.15) is 0 Å². The lowest BCUT2D eigenvalue weighted by Crippen LogP contribution is -2.39. The Hall–Kier alpha value is -0.570. The van der Waals surface area contributed by atoms with Crippen LogP contribution in [0.15, 0.2) is 11.6 Å². The summed E-state index contributed by atoms with van der Waals surface area (Å²) in [5.41, 5.74) is 6.93. The van der Waals surface area contributed by atoms with Gasteiger partial charge in [-0.2, -0.15) is 0 Å². The zero-order chi connectivity index (χ0) is 7.84. The van der Waals surface area contributed by atoms with Crippen molar-refractivity contribution in [2.75, 3.05) is 0 Å². The highest BCUT2D eigenvalue weighted by Crippen LogP contribution is 2.39. The van der Waals surface area contributed by atoms with Crippen molar-refractivity contribution in [3.05, 3.63) is 11.6 Å². The number of nitrogens with one attached hydrogen (secondary N) is 1. The molecule has 2 aliphatic rings. The lowest BCUT2D eigenvalue weighted by atomic mass is 10.0. The van der Waals surface area contributed by atoms with Gasteiger partial charge in [-0.05, 0) is 37.4 Å². The van der Waals surface area contributed by atoms with E-state index in [0.29, 0.717) is 11.2 Å². The van der Waals surface area contributed by atoms with Crippen LogP contribution in [0.25, 0.3) is 0 Å². The van der Waals surface area contributed by atoms with Crippen LogP contribution in [0.5, 0.6) is 0 Å². The van der Waals surface area contributed by atoms with Crippen molar-refractivity contribution in [2.24, 2.45) is 11.7 Å². The summed E-state index contributed by atoms with van der Waals surface area (Å²) in [6, 6.07) is 0.479. The van der Waals surface area contributed by atoms with Crippen LogP contribution in [0.1, 0.15) is 19.3 Å². The number of hydrogen-bond acceptors (Lipinski definition) is 1. The summed E-state index contributed by atoms with van der Waals surface area (Å²) >= 11 is 4.81.